The minimum Gasteiger partial charge on any atom is -0.493 e. The lowest BCUT2D eigenvalue weighted by Gasteiger charge is -2.26. The van der Waals surface area contributed by atoms with E-state index >= 15 is 0 Å². The maximum Gasteiger partial charge on any atom is 0.269 e. The molecule has 24 heavy (non-hydrogen) atoms. The Hall–Kier alpha value is -2.60. The van der Waals surface area contributed by atoms with Gasteiger partial charge in [0.2, 0.25) is 0 Å². The van der Waals surface area contributed by atoms with Crippen LogP contribution in [0.5, 0.6) is 11.5 Å². The van der Waals surface area contributed by atoms with Crippen LogP contribution in [0.15, 0.2) is 42.5 Å². The van der Waals surface area contributed by atoms with Gasteiger partial charge in [0.25, 0.3) is 5.69 Å². The van der Waals surface area contributed by atoms with E-state index < -0.39 is 0 Å². The Balaban J connectivity index is 2.22. The number of benzene rings is 2. The molecule has 0 heterocycles. The fourth-order valence-corrected chi connectivity index (χ4v) is 2.64. The van der Waals surface area contributed by atoms with Gasteiger partial charge in [-0.2, -0.15) is 0 Å². The third-order valence-corrected chi connectivity index (χ3v) is 4.13. The lowest BCUT2D eigenvalue weighted by Crippen LogP contribution is -2.22. The Kier molecular flexibility index (Phi) is 5.76. The first-order valence-electron chi connectivity index (χ1n) is 7.62. The molecule has 0 fully saturated rings. The fourth-order valence-electron chi connectivity index (χ4n) is 2.64. The lowest BCUT2D eigenvalue weighted by molar-refractivity contribution is -0.384. The van der Waals surface area contributed by atoms with Crippen LogP contribution in [-0.2, 0) is 6.54 Å². The highest BCUT2D eigenvalue weighted by molar-refractivity contribution is 5.46. The van der Waals surface area contributed by atoms with Crippen LogP contribution in [0.2, 0.25) is 0 Å². The fraction of sp³-hybridized carbons (Fsp3) is 0.333. The Labute approximate surface area is 141 Å². The van der Waals surface area contributed by atoms with Gasteiger partial charge in [-0.25, -0.2) is 0 Å². The molecular weight excluding hydrogens is 308 g/mol. The number of methoxy groups -OCH3 is 2. The summed E-state index contributed by atoms with van der Waals surface area (Å²) in [6.45, 7) is 2.65. The van der Waals surface area contributed by atoms with E-state index in [0.29, 0.717) is 18.0 Å². The average molecular weight is 330 g/mol. The van der Waals surface area contributed by atoms with E-state index in [9.17, 15) is 10.1 Å². The van der Waals surface area contributed by atoms with Crippen molar-refractivity contribution in [1.29, 1.82) is 0 Å². The van der Waals surface area contributed by atoms with Crippen molar-refractivity contribution in [3.8, 4) is 11.5 Å². The smallest absolute Gasteiger partial charge is 0.269 e. The van der Waals surface area contributed by atoms with Crippen molar-refractivity contribution < 1.29 is 14.4 Å². The van der Waals surface area contributed by atoms with Crippen LogP contribution < -0.4 is 9.47 Å². The molecule has 1 atom stereocenters. The molecule has 0 amide bonds. The van der Waals surface area contributed by atoms with Crippen LogP contribution in [-0.4, -0.2) is 31.1 Å². The van der Waals surface area contributed by atoms with Gasteiger partial charge in [-0.3, -0.25) is 15.0 Å². The van der Waals surface area contributed by atoms with Crippen molar-refractivity contribution in [3.63, 3.8) is 0 Å². The molecule has 0 aliphatic heterocycles. The second-order valence-electron chi connectivity index (χ2n) is 5.60. The third-order valence-electron chi connectivity index (χ3n) is 4.13. The van der Waals surface area contributed by atoms with Gasteiger partial charge in [-0.05, 0) is 25.6 Å². The maximum absolute atomic E-state index is 11.0. The van der Waals surface area contributed by atoms with E-state index in [2.05, 4.69) is 4.90 Å². The summed E-state index contributed by atoms with van der Waals surface area (Å²) in [6, 6.07) is 12.5. The molecule has 0 saturated carbocycles. The molecule has 6 nitrogen and oxygen atoms in total. The normalized spacial score (nSPS) is 12.0. The van der Waals surface area contributed by atoms with Crippen molar-refractivity contribution in [2.24, 2.45) is 0 Å². The van der Waals surface area contributed by atoms with Gasteiger partial charge >= 0.3 is 0 Å². The molecule has 0 aliphatic carbocycles. The summed E-state index contributed by atoms with van der Waals surface area (Å²) < 4.78 is 10.8. The van der Waals surface area contributed by atoms with Crippen LogP contribution in [0.25, 0.3) is 0 Å². The molecule has 0 aliphatic rings. The molecule has 0 bridgehead atoms. The number of rotatable bonds is 7. The van der Waals surface area contributed by atoms with E-state index in [4.69, 9.17) is 9.47 Å². The summed E-state index contributed by atoms with van der Waals surface area (Å²) in [6.07, 6.45) is 0. The highest BCUT2D eigenvalue weighted by atomic mass is 16.6. The highest BCUT2D eigenvalue weighted by Crippen LogP contribution is 2.33. The molecule has 0 saturated heterocycles. The number of nitro benzene ring substituents is 1. The minimum absolute atomic E-state index is 0.0146. The van der Waals surface area contributed by atoms with Crippen molar-refractivity contribution in [3.05, 3.63) is 63.7 Å². The molecule has 2 aromatic carbocycles. The van der Waals surface area contributed by atoms with Gasteiger partial charge in [0.15, 0.2) is 11.5 Å². The third kappa shape index (κ3) is 3.83. The summed E-state index contributed by atoms with van der Waals surface area (Å²) in [5.41, 5.74) is 2.00. The van der Waals surface area contributed by atoms with Gasteiger partial charge in [0.05, 0.1) is 19.1 Å². The first-order chi connectivity index (χ1) is 11.5. The molecule has 128 valence electrons. The van der Waals surface area contributed by atoms with Crippen molar-refractivity contribution >= 4 is 5.69 Å². The largest absolute Gasteiger partial charge is 0.493 e. The predicted octanol–water partition coefficient (Wildman–Crippen LogP) is 3.81. The molecule has 0 N–H and O–H groups in total. The van der Waals surface area contributed by atoms with Gasteiger partial charge < -0.3 is 9.47 Å². The van der Waals surface area contributed by atoms with E-state index in [-0.39, 0.29) is 16.7 Å². The number of hydrogen-bond donors (Lipinski definition) is 0. The number of nitro groups is 1. The quantitative estimate of drug-likeness (QED) is 0.570. The van der Waals surface area contributed by atoms with Gasteiger partial charge in [0.1, 0.15) is 0 Å². The van der Waals surface area contributed by atoms with E-state index in [0.717, 1.165) is 11.1 Å². The molecule has 0 spiro atoms. The Morgan fingerprint density at radius 2 is 1.88 bits per heavy atom. The SMILES string of the molecule is COc1cccc(CN(C)C(C)c2cccc([N+](=O)[O-])c2)c1OC. The Morgan fingerprint density at radius 1 is 1.17 bits per heavy atom. The van der Waals surface area contributed by atoms with Gasteiger partial charge in [0, 0.05) is 30.3 Å². The predicted molar refractivity (Wildman–Crippen MR) is 92.5 cm³/mol. The lowest BCUT2D eigenvalue weighted by atomic mass is 10.1. The summed E-state index contributed by atoms with van der Waals surface area (Å²) >= 11 is 0. The van der Waals surface area contributed by atoms with E-state index in [1.807, 2.05) is 38.2 Å². The minimum atomic E-state index is -0.374. The van der Waals surface area contributed by atoms with Crippen LogP contribution in [0, 0.1) is 10.1 Å². The number of non-ortho nitro benzene ring substituents is 1. The van der Waals surface area contributed by atoms with Crippen molar-refractivity contribution in [1.82, 2.24) is 4.90 Å². The van der Waals surface area contributed by atoms with E-state index in [1.165, 1.54) is 6.07 Å². The second-order valence-corrected chi connectivity index (χ2v) is 5.60. The van der Waals surface area contributed by atoms with Crippen LogP contribution in [0.3, 0.4) is 0 Å². The first-order valence-corrected chi connectivity index (χ1v) is 7.62. The van der Waals surface area contributed by atoms with E-state index in [1.54, 1.807) is 26.4 Å². The number of ether oxygens (including phenoxy) is 2. The molecule has 0 aromatic heterocycles. The second kappa shape index (κ2) is 7.79. The Bertz CT molecular complexity index is 718. The Morgan fingerprint density at radius 3 is 2.50 bits per heavy atom. The van der Waals surface area contributed by atoms with Crippen LogP contribution in [0.4, 0.5) is 5.69 Å². The zero-order valence-electron chi connectivity index (χ0n) is 14.4. The number of hydrogen-bond acceptors (Lipinski definition) is 5. The zero-order valence-corrected chi connectivity index (χ0v) is 14.4. The monoisotopic (exact) mass is 330 g/mol. The summed E-state index contributed by atoms with van der Waals surface area (Å²) in [7, 11) is 5.20. The average Bonchev–Trinajstić information content (AvgIpc) is 2.60. The molecular formula is C18H22N2O4. The first kappa shape index (κ1) is 17.7. The topological polar surface area (TPSA) is 64.8 Å². The van der Waals surface area contributed by atoms with Crippen molar-refractivity contribution in [2.75, 3.05) is 21.3 Å². The molecule has 0 radical (unpaired) electrons. The van der Waals surface area contributed by atoms with Gasteiger partial charge in [-0.1, -0.05) is 24.3 Å². The molecule has 2 aromatic rings. The molecule has 6 heteroatoms. The van der Waals surface area contributed by atoms with Crippen LogP contribution >= 0.6 is 0 Å². The number of para-hydroxylation sites is 1. The van der Waals surface area contributed by atoms with Crippen molar-refractivity contribution in [2.45, 2.75) is 19.5 Å². The molecule has 2 rings (SSSR count). The summed E-state index contributed by atoms with van der Waals surface area (Å²) in [5, 5.41) is 11.0. The van der Waals surface area contributed by atoms with Gasteiger partial charge in [-0.15, -0.1) is 0 Å². The zero-order chi connectivity index (χ0) is 17.7. The maximum atomic E-state index is 11.0. The van der Waals surface area contributed by atoms with Crippen LogP contribution in [0.1, 0.15) is 24.1 Å². The molecule has 1 unspecified atom stereocenters. The number of nitrogens with zero attached hydrogens (tertiary/aromatic N) is 2. The highest BCUT2D eigenvalue weighted by Gasteiger charge is 2.18. The standard InChI is InChI=1S/C18H22N2O4/c1-13(14-7-5-9-16(11-14)20(21)22)19(2)12-15-8-6-10-17(23-3)18(15)24-4/h5-11,13H,12H2,1-4H3. The summed E-state index contributed by atoms with van der Waals surface area (Å²) in [4.78, 5) is 12.7. The summed E-state index contributed by atoms with van der Waals surface area (Å²) in [5.74, 6) is 1.39.